The molecule has 1 aromatic carbocycles. The van der Waals surface area contributed by atoms with Gasteiger partial charge >= 0.3 is 0 Å². The van der Waals surface area contributed by atoms with Crippen molar-refractivity contribution >= 4 is 0 Å². The topological polar surface area (TPSA) is 21.3 Å². The van der Waals surface area contributed by atoms with E-state index in [9.17, 15) is 8.78 Å². The highest BCUT2D eigenvalue weighted by Crippen LogP contribution is 2.20. The molecule has 1 aliphatic heterocycles. The van der Waals surface area contributed by atoms with Gasteiger partial charge in [0, 0.05) is 0 Å². The molecule has 0 saturated carbocycles. The summed E-state index contributed by atoms with van der Waals surface area (Å²) in [5, 5.41) is 3.14. The minimum absolute atomic E-state index is 0.00211. The molecule has 0 bridgehead atoms. The molecular formula is C11H13F2NO. The maximum Gasteiger partial charge on any atom is 0.200 e. The van der Waals surface area contributed by atoms with Crippen LogP contribution in [0.15, 0.2) is 18.2 Å². The van der Waals surface area contributed by atoms with E-state index < -0.39 is 11.6 Å². The van der Waals surface area contributed by atoms with Gasteiger partial charge in [-0.15, -0.1) is 0 Å². The SMILES string of the molecule is Fc1cccc(OCCC2CNC2)c1F. The van der Waals surface area contributed by atoms with Crippen LogP contribution in [0, 0.1) is 17.6 Å². The molecule has 2 rings (SSSR count). The summed E-state index contributed by atoms with van der Waals surface area (Å²) < 4.78 is 31.1. The van der Waals surface area contributed by atoms with Crippen LogP contribution in [-0.2, 0) is 0 Å². The Kier molecular flexibility index (Phi) is 3.16. The minimum Gasteiger partial charge on any atom is -0.490 e. The van der Waals surface area contributed by atoms with E-state index in [-0.39, 0.29) is 5.75 Å². The second-order valence-electron chi connectivity index (χ2n) is 3.71. The Bertz CT molecular complexity index is 339. The molecule has 1 aliphatic rings. The van der Waals surface area contributed by atoms with E-state index in [1.54, 1.807) is 0 Å². The van der Waals surface area contributed by atoms with Crippen molar-refractivity contribution in [3.05, 3.63) is 29.8 Å². The Balaban J connectivity index is 1.84. The van der Waals surface area contributed by atoms with Gasteiger partial charge in [0.05, 0.1) is 6.61 Å². The average molecular weight is 213 g/mol. The lowest BCUT2D eigenvalue weighted by molar-refractivity contribution is 0.230. The van der Waals surface area contributed by atoms with E-state index in [1.165, 1.54) is 12.1 Å². The van der Waals surface area contributed by atoms with Gasteiger partial charge in [-0.3, -0.25) is 0 Å². The molecule has 4 heteroatoms. The number of hydrogen-bond acceptors (Lipinski definition) is 2. The van der Waals surface area contributed by atoms with Gasteiger partial charge in [-0.05, 0) is 37.6 Å². The first-order valence-corrected chi connectivity index (χ1v) is 5.05. The third-order valence-electron chi connectivity index (χ3n) is 2.57. The Morgan fingerprint density at radius 1 is 1.33 bits per heavy atom. The highest BCUT2D eigenvalue weighted by molar-refractivity contribution is 5.24. The van der Waals surface area contributed by atoms with E-state index in [2.05, 4.69) is 5.32 Å². The fraction of sp³-hybridized carbons (Fsp3) is 0.455. The lowest BCUT2D eigenvalue weighted by Crippen LogP contribution is -2.42. The van der Waals surface area contributed by atoms with Gasteiger partial charge in [-0.1, -0.05) is 6.07 Å². The second-order valence-corrected chi connectivity index (χ2v) is 3.71. The summed E-state index contributed by atoms with van der Waals surface area (Å²) in [5.74, 6) is -1.15. The highest BCUT2D eigenvalue weighted by Gasteiger charge is 2.16. The number of rotatable bonds is 4. The number of hydrogen-bond donors (Lipinski definition) is 1. The van der Waals surface area contributed by atoms with Crippen molar-refractivity contribution in [2.45, 2.75) is 6.42 Å². The molecule has 2 nitrogen and oxygen atoms in total. The zero-order valence-corrected chi connectivity index (χ0v) is 8.30. The van der Waals surface area contributed by atoms with Gasteiger partial charge in [-0.2, -0.15) is 4.39 Å². The Labute approximate surface area is 87.2 Å². The van der Waals surface area contributed by atoms with E-state index in [4.69, 9.17) is 4.74 Å². The molecule has 1 fully saturated rings. The zero-order chi connectivity index (χ0) is 10.7. The van der Waals surface area contributed by atoms with Crippen molar-refractivity contribution in [3.8, 4) is 5.75 Å². The van der Waals surface area contributed by atoms with Gasteiger partial charge in [-0.25, -0.2) is 4.39 Å². The van der Waals surface area contributed by atoms with E-state index in [1.807, 2.05) is 0 Å². The largest absolute Gasteiger partial charge is 0.490 e. The number of nitrogens with one attached hydrogen (secondary N) is 1. The smallest absolute Gasteiger partial charge is 0.200 e. The Morgan fingerprint density at radius 2 is 2.13 bits per heavy atom. The highest BCUT2D eigenvalue weighted by atomic mass is 19.2. The molecule has 1 N–H and O–H groups in total. The molecular weight excluding hydrogens is 200 g/mol. The molecule has 0 unspecified atom stereocenters. The average Bonchev–Trinajstić information content (AvgIpc) is 2.16. The van der Waals surface area contributed by atoms with Crippen molar-refractivity contribution in [1.82, 2.24) is 5.32 Å². The minimum atomic E-state index is -0.899. The first-order valence-electron chi connectivity index (χ1n) is 5.05. The molecule has 0 amide bonds. The van der Waals surface area contributed by atoms with Crippen LogP contribution in [0.4, 0.5) is 8.78 Å². The number of ether oxygens (including phenoxy) is 1. The van der Waals surface area contributed by atoms with E-state index in [0.29, 0.717) is 12.5 Å². The summed E-state index contributed by atoms with van der Waals surface area (Å²) in [6.45, 7) is 2.43. The normalized spacial score (nSPS) is 16.1. The van der Waals surface area contributed by atoms with Crippen LogP contribution in [0.25, 0.3) is 0 Å². The van der Waals surface area contributed by atoms with Gasteiger partial charge in [0.25, 0.3) is 0 Å². The molecule has 0 atom stereocenters. The molecule has 1 heterocycles. The zero-order valence-electron chi connectivity index (χ0n) is 8.30. The van der Waals surface area contributed by atoms with Crippen LogP contribution in [0.3, 0.4) is 0 Å². The van der Waals surface area contributed by atoms with Gasteiger partial charge in [0.15, 0.2) is 11.6 Å². The van der Waals surface area contributed by atoms with Crippen LogP contribution in [0.2, 0.25) is 0 Å². The maximum absolute atomic E-state index is 13.1. The molecule has 0 aromatic heterocycles. The Hall–Kier alpha value is -1.16. The van der Waals surface area contributed by atoms with Crippen LogP contribution in [0.5, 0.6) is 5.75 Å². The summed E-state index contributed by atoms with van der Waals surface area (Å²) in [5.41, 5.74) is 0. The second kappa shape index (κ2) is 4.57. The molecule has 0 aliphatic carbocycles. The van der Waals surface area contributed by atoms with Gasteiger partial charge in [0.1, 0.15) is 0 Å². The molecule has 0 radical (unpaired) electrons. The predicted molar refractivity (Wildman–Crippen MR) is 52.8 cm³/mol. The van der Waals surface area contributed by atoms with Crippen LogP contribution >= 0.6 is 0 Å². The summed E-state index contributed by atoms with van der Waals surface area (Å²) in [6, 6.07) is 3.97. The summed E-state index contributed by atoms with van der Waals surface area (Å²) >= 11 is 0. The van der Waals surface area contributed by atoms with E-state index in [0.717, 1.165) is 25.6 Å². The predicted octanol–water partition coefficient (Wildman–Crippen LogP) is 1.95. The summed E-state index contributed by atoms with van der Waals surface area (Å²) in [7, 11) is 0. The van der Waals surface area contributed by atoms with Crippen molar-refractivity contribution in [2.24, 2.45) is 5.92 Å². The lowest BCUT2D eigenvalue weighted by Gasteiger charge is -2.26. The van der Waals surface area contributed by atoms with Gasteiger partial charge < -0.3 is 10.1 Å². The van der Waals surface area contributed by atoms with Crippen LogP contribution in [-0.4, -0.2) is 19.7 Å². The fourth-order valence-corrected chi connectivity index (χ4v) is 1.48. The summed E-state index contributed by atoms with van der Waals surface area (Å²) in [6.07, 6.45) is 0.878. The first kappa shape index (κ1) is 10.4. The van der Waals surface area contributed by atoms with Crippen molar-refractivity contribution < 1.29 is 13.5 Å². The third kappa shape index (κ3) is 2.45. The quantitative estimate of drug-likeness (QED) is 0.825. The molecule has 82 valence electrons. The summed E-state index contributed by atoms with van der Waals surface area (Å²) in [4.78, 5) is 0. The number of halogens is 2. The van der Waals surface area contributed by atoms with Crippen molar-refractivity contribution in [1.29, 1.82) is 0 Å². The molecule has 1 aromatic rings. The van der Waals surface area contributed by atoms with Crippen LogP contribution < -0.4 is 10.1 Å². The lowest BCUT2D eigenvalue weighted by atomic mass is 10.0. The monoisotopic (exact) mass is 213 g/mol. The van der Waals surface area contributed by atoms with Crippen molar-refractivity contribution in [2.75, 3.05) is 19.7 Å². The standard InChI is InChI=1S/C11H13F2NO/c12-9-2-1-3-10(11(9)13)15-5-4-8-6-14-7-8/h1-3,8,14H,4-7H2. The third-order valence-corrected chi connectivity index (χ3v) is 2.57. The van der Waals surface area contributed by atoms with Crippen molar-refractivity contribution in [3.63, 3.8) is 0 Å². The first-order chi connectivity index (χ1) is 7.27. The van der Waals surface area contributed by atoms with E-state index >= 15 is 0 Å². The Morgan fingerprint density at radius 3 is 2.80 bits per heavy atom. The molecule has 0 spiro atoms. The number of benzene rings is 1. The van der Waals surface area contributed by atoms with Crippen LogP contribution in [0.1, 0.15) is 6.42 Å². The molecule has 1 saturated heterocycles. The molecule has 15 heavy (non-hydrogen) atoms. The fourth-order valence-electron chi connectivity index (χ4n) is 1.48. The van der Waals surface area contributed by atoms with Gasteiger partial charge in [0.2, 0.25) is 5.82 Å². The maximum atomic E-state index is 13.1.